The Balaban J connectivity index is 2.35. The second-order valence-electron chi connectivity index (χ2n) is 6.42. The molecule has 2 rings (SSSR count). The third-order valence-corrected chi connectivity index (χ3v) is 4.41. The van der Waals surface area contributed by atoms with E-state index in [9.17, 15) is 9.90 Å². The monoisotopic (exact) mass is 344 g/mol. The van der Waals surface area contributed by atoms with Gasteiger partial charge in [0.1, 0.15) is 5.75 Å². The molecule has 25 heavy (non-hydrogen) atoms. The summed E-state index contributed by atoms with van der Waals surface area (Å²) < 4.78 is 11.1. The SMILES string of the molecule is CCCCCCC(=O)Oc1cc(OCC)c(O)c2cc(C)c(C)cc12. The van der Waals surface area contributed by atoms with Crippen molar-refractivity contribution in [1.29, 1.82) is 0 Å². The van der Waals surface area contributed by atoms with Crippen molar-refractivity contribution in [3.63, 3.8) is 0 Å². The molecule has 0 bridgehead atoms. The zero-order chi connectivity index (χ0) is 18.4. The fraction of sp³-hybridized carbons (Fsp3) is 0.476. The number of carbonyl (C=O) groups excluding carboxylic acids is 1. The van der Waals surface area contributed by atoms with E-state index in [-0.39, 0.29) is 11.7 Å². The molecule has 0 saturated heterocycles. The van der Waals surface area contributed by atoms with Gasteiger partial charge in [0, 0.05) is 23.3 Å². The molecule has 1 N–H and O–H groups in total. The molecule has 4 nitrogen and oxygen atoms in total. The van der Waals surface area contributed by atoms with E-state index in [4.69, 9.17) is 9.47 Å². The Morgan fingerprint density at radius 3 is 2.28 bits per heavy atom. The van der Waals surface area contributed by atoms with Crippen LogP contribution in [0.4, 0.5) is 0 Å². The van der Waals surface area contributed by atoms with E-state index in [2.05, 4.69) is 6.92 Å². The van der Waals surface area contributed by atoms with Crippen molar-refractivity contribution in [1.82, 2.24) is 0 Å². The summed E-state index contributed by atoms with van der Waals surface area (Å²) in [7, 11) is 0. The highest BCUT2D eigenvalue weighted by Gasteiger charge is 2.17. The molecule has 2 aromatic carbocycles. The van der Waals surface area contributed by atoms with Crippen molar-refractivity contribution in [2.24, 2.45) is 0 Å². The topological polar surface area (TPSA) is 55.8 Å². The third-order valence-electron chi connectivity index (χ3n) is 4.41. The van der Waals surface area contributed by atoms with E-state index in [0.717, 1.165) is 42.2 Å². The highest BCUT2D eigenvalue weighted by molar-refractivity contribution is 5.97. The zero-order valence-corrected chi connectivity index (χ0v) is 15.6. The van der Waals surface area contributed by atoms with Crippen molar-refractivity contribution in [3.8, 4) is 17.2 Å². The number of carbonyl (C=O) groups is 1. The summed E-state index contributed by atoms with van der Waals surface area (Å²) in [5.41, 5.74) is 2.14. The van der Waals surface area contributed by atoms with Gasteiger partial charge in [-0.3, -0.25) is 4.79 Å². The van der Waals surface area contributed by atoms with E-state index in [1.807, 2.05) is 32.9 Å². The molecule has 0 spiro atoms. The first-order valence-corrected chi connectivity index (χ1v) is 9.08. The highest BCUT2D eigenvalue weighted by atomic mass is 16.5. The van der Waals surface area contributed by atoms with Crippen LogP contribution in [0.3, 0.4) is 0 Å². The van der Waals surface area contributed by atoms with Gasteiger partial charge in [-0.05, 0) is 50.5 Å². The minimum atomic E-state index is -0.247. The van der Waals surface area contributed by atoms with Gasteiger partial charge >= 0.3 is 5.97 Å². The Morgan fingerprint density at radius 1 is 0.960 bits per heavy atom. The number of aryl methyl sites for hydroxylation is 2. The number of hydrogen-bond donors (Lipinski definition) is 1. The molecule has 0 unspecified atom stereocenters. The summed E-state index contributed by atoms with van der Waals surface area (Å²) in [6, 6.07) is 5.46. The summed E-state index contributed by atoms with van der Waals surface area (Å²) in [5, 5.41) is 11.9. The van der Waals surface area contributed by atoms with Gasteiger partial charge in [0.2, 0.25) is 0 Å². The molecule has 0 radical (unpaired) electrons. The molecule has 4 heteroatoms. The number of phenolic OH excluding ortho intramolecular Hbond substituents is 1. The average molecular weight is 344 g/mol. The van der Waals surface area contributed by atoms with Crippen LogP contribution in [0.15, 0.2) is 18.2 Å². The van der Waals surface area contributed by atoms with E-state index >= 15 is 0 Å². The lowest BCUT2D eigenvalue weighted by Crippen LogP contribution is -2.08. The van der Waals surface area contributed by atoms with E-state index in [1.54, 1.807) is 6.07 Å². The summed E-state index contributed by atoms with van der Waals surface area (Å²) in [6.45, 7) is 8.40. The maximum absolute atomic E-state index is 12.2. The Kier molecular flexibility index (Phi) is 6.68. The molecule has 0 amide bonds. The van der Waals surface area contributed by atoms with E-state index in [1.165, 1.54) is 0 Å². The molecular weight excluding hydrogens is 316 g/mol. The predicted molar refractivity (Wildman–Crippen MR) is 101 cm³/mol. The van der Waals surface area contributed by atoms with Crippen LogP contribution < -0.4 is 9.47 Å². The molecule has 0 heterocycles. The fourth-order valence-corrected chi connectivity index (χ4v) is 2.83. The molecule has 0 aliphatic carbocycles. The van der Waals surface area contributed by atoms with Gasteiger partial charge < -0.3 is 14.6 Å². The number of phenols is 1. The summed E-state index contributed by atoms with van der Waals surface area (Å²) in [4.78, 5) is 12.2. The smallest absolute Gasteiger partial charge is 0.311 e. The van der Waals surface area contributed by atoms with Gasteiger partial charge in [-0.2, -0.15) is 0 Å². The molecule has 0 aliphatic heterocycles. The second kappa shape index (κ2) is 8.75. The lowest BCUT2D eigenvalue weighted by atomic mass is 10.0. The molecule has 2 aromatic rings. The van der Waals surface area contributed by atoms with Crippen molar-refractivity contribution < 1.29 is 19.4 Å². The summed E-state index contributed by atoms with van der Waals surface area (Å²) >= 11 is 0. The summed E-state index contributed by atoms with van der Waals surface area (Å²) in [6.07, 6.45) is 4.52. The van der Waals surface area contributed by atoms with Crippen LogP contribution in [0.2, 0.25) is 0 Å². The number of fused-ring (bicyclic) bond motifs is 1. The number of benzene rings is 2. The Bertz CT molecular complexity index is 749. The normalized spacial score (nSPS) is 10.9. The molecule has 0 atom stereocenters. The van der Waals surface area contributed by atoms with Crippen LogP contribution in [0.5, 0.6) is 17.2 Å². The lowest BCUT2D eigenvalue weighted by molar-refractivity contribution is -0.134. The minimum absolute atomic E-state index is 0.0858. The zero-order valence-electron chi connectivity index (χ0n) is 15.6. The van der Waals surface area contributed by atoms with Crippen LogP contribution in [0.1, 0.15) is 57.1 Å². The van der Waals surface area contributed by atoms with Crippen LogP contribution in [0.25, 0.3) is 10.8 Å². The number of esters is 1. The van der Waals surface area contributed by atoms with Gasteiger partial charge in [0.15, 0.2) is 11.5 Å². The van der Waals surface area contributed by atoms with Crippen LogP contribution in [0, 0.1) is 13.8 Å². The third kappa shape index (κ3) is 4.65. The Morgan fingerprint density at radius 2 is 1.64 bits per heavy atom. The van der Waals surface area contributed by atoms with Gasteiger partial charge in [-0.25, -0.2) is 0 Å². The molecule has 136 valence electrons. The van der Waals surface area contributed by atoms with E-state index in [0.29, 0.717) is 29.9 Å². The quantitative estimate of drug-likeness (QED) is 0.394. The maximum Gasteiger partial charge on any atom is 0.311 e. The van der Waals surface area contributed by atoms with Gasteiger partial charge in [-0.15, -0.1) is 0 Å². The number of aromatic hydroxyl groups is 1. The van der Waals surface area contributed by atoms with Gasteiger partial charge in [-0.1, -0.05) is 26.2 Å². The first kappa shape index (κ1) is 19.1. The molecule has 0 aliphatic rings. The standard InChI is InChI=1S/C21H28O4/c1-5-7-8-9-10-20(22)25-18-13-19(24-6-2)21(23)17-12-15(4)14(3)11-16(17)18/h11-13,23H,5-10H2,1-4H3. The molecule has 0 aromatic heterocycles. The largest absolute Gasteiger partial charge is 0.504 e. The highest BCUT2D eigenvalue weighted by Crippen LogP contribution is 2.42. The maximum atomic E-state index is 12.2. The number of ether oxygens (including phenoxy) is 2. The number of rotatable bonds is 8. The van der Waals surface area contributed by atoms with Crippen LogP contribution in [-0.4, -0.2) is 17.7 Å². The first-order chi connectivity index (χ1) is 12.0. The van der Waals surface area contributed by atoms with Crippen LogP contribution in [-0.2, 0) is 4.79 Å². The minimum Gasteiger partial charge on any atom is -0.504 e. The Hall–Kier alpha value is -2.23. The fourth-order valence-electron chi connectivity index (χ4n) is 2.83. The van der Waals surface area contributed by atoms with Gasteiger partial charge in [0.25, 0.3) is 0 Å². The predicted octanol–water partition coefficient (Wildman–Crippen LogP) is 5.44. The van der Waals surface area contributed by atoms with Crippen molar-refractivity contribution >= 4 is 16.7 Å². The number of hydrogen-bond acceptors (Lipinski definition) is 4. The van der Waals surface area contributed by atoms with Crippen molar-refractivity contribution in [2.45, 2.75) is 59.8 Å². The second-order valence-corrected chi connectivity index (χ2v) is 6.42. The molecule has 0 saturated carbocycles. The summed E-state index contributed by atoms with van der Waals surface area (Å²) in [5.74, 6) is 0.623. The van der Waals surface area contributed by atoms with E-state index < -0.39 is 0 Å². The Labute approximate surface area is 149 Å². The van der Waals surface area contributed by atoms with Crippen molar-refractivity contribution in [3.05, 3.63) is 29.3 Å². The van der Waals surface area contributed by atoms with Crippen molar-refractivity contribution in [2.75, 3.05) is 6.61 Å². The first-order valence-electron chi connectivity index (χ1n) is 9.08. The molecular formula is C21H28O4. The molecule has 0 fully saturated rings. The average Bonchev–Trinajstić information content (AvgIpc) is 2.58. The van der Waals surface area contributed by atoms with Gasteiger partial charge in [0.05, 0.1) is 6.61 Å². The lowest BCUT2D eigenvalue weighted by Gasteiger charge is -2.15. The van der Waals surface area contributed by atoms with Crippen LogP contribution >= 0.6 is 0 Å². The number of unbranched alkanes of at least 4 members (excludes halogenated alkanes) is 3.